The molecule has 2 aromatic heterocycles. The third-order valence-corrected chi connectivity index (χ3v) is 7.21. The number of thioether (sulfide) groups is 1. The number of aromatic nitrogens is 2. The molecule has 0 atom stereocenters. The van der Waals surface area contributed by atoms with Crippen LogP contribution in [0.3, 0.4) is 0 Å². The molecule has 1 N–H and O–H groups in total. The third-order valence-electron chi connectivity index (χ3n) is 4.73. The van der Waals surface area contributed by atoms with Crippen LogP contribution in [0.5, 0.6) is 0 Å². The predicted octanol–water partition coefficient (Wildman–Crippen LogP) is 6.46. The van der Waals surface area contributed by atoms with Gasteiger partial charge >= 0.3 is 0 Å². The number of benzene rings is 2. The number of para-hydroxylation sites is 1. The van der Waals surface area contributed by atoms with E-state index in [1.54, 1.807) is 0 Å². The van der Waals surface area contributed by atoms with Gasteiger partial charge in [-0.1, -0.05) is 73.6 Å². The Balaban J connectivity index is 1.45. The van der Waals surface area contributed by atoms with Gasteiger partial charge in [-0.25, -0.2) is 0 Å². The summed E-state index contributed by atoms with van der Waals surface area (Å²) in [6.07, 6.45) is 1.72. The first-order valence-corrected chi connectivity index (χ1v) is 11.8. The van der Waals surface area contributed by atoms with Gasteiger partial charge in [0.15, 0.2) is 0 Å². The Bertz CT molecular complexity index is 1180. The maximum atomic E-state index is 12.5. The van der Waals surface area contributed by atoms with E-state index >= 15 is 0 Å². The van der Waals surface area contributed by atoms with Crippen molar-refractivity contribution in [3.63, 3.8) is 0 Å². The van der Waals surface area contributed by atoms with E-state index < -0.39 is 0 Å². The molecule has 0 fully saturated rings. The van der Waals surface area contributed by atoms with E-state index in [4.69, 9.17) is 16.0 Å². The monoisotopic (exact) mass is 457 g/mol. The van der Waals surface area contributed by atoms with E-state index in [2.05, 4.69) is 29.4 Å². The molecule has 4 aromatic rings. The van der Waals surface area contributed by atoms with E-state index in [1.807, 2.05) is 42.5 Å². The van der Waals surface area contributed by atoms with E-state index in [1.165, 1.54) is 23.1 Å². The summed E-state index contributed by atoms with van der Waals surface area (Å²) in [7, 11) is 0. The minimum Gasteiger partial charge on any atom is -0.410 e. The zero-order valence-electron chi connectivity index (χ0n) is 16.6. The van der Waals surface area contributed by atoms with Crippen molar-refractivity contribution in [2.45, 2.75) is 31.9 Å². The zero-order chi connectivity index (χ0) is 21.1. The lowest BCUT2D eigenvalue weighted by Gasteiger charge is -2.13. The number of halogens is 1. The Kier molecular flexibility index (Phi) is 6.41. The van der Waals surface area contributed by atoms with Crippen LogP contribution in [-0.4, -0.2) is 21.9 Å². The van der Waals surface area contributed by atoms with Crippen LogP contribution in [0.25, 0.3) is 20.9 Å². The molecule has 0 radical (unpaired) electrons. The van der Waals surface area contributed by atoms with Crippen molar-refractivity contribution >= 4 is 56.4 Å². The largest absolute Gasteiger partial charge is 0.410 e. The number of anilines is 1. The second-order valence-corrected chi connectivity index (χ2v) is 8.97. The van der Waals surface area contributed by atoms with Gasteiger partial charge in [0.05, 0.1) is 10.8 Å². The van der Waals surface area contributed by atoms with Crippen molar-refractivity contribution in [1.29, 1.82) is 0 Å². The van der Waals surface area contributed by atoms with Crippen molar-refractivity contribution in [3.05, 3.63) is 58.6 Å². The standard InChI is InChI=1S/C22H20ClN3O2S2/c1-3-13-8-7-9-14(4-2)19(13)24-17(27)12-29-22-26-25-21(28-22)20-18(23)15-10-5-6-11-16(15)30-20/h5-11H,3-4,12H2,1-2H3,(H,24,27). The smallest absolute Gasteiger partial charge is 0.277 e. The number of aryl methyl sites for hydroxylation is 2. The summed E-state index contributed by atoms with van der Waals surface area (Å²) in [6.45, 7) is 4.16. The fourth-order valence-electron chi connectivity index (χ4n) is 3.22. The Morgan fingerprint density at radius 1 is 1.10 bits per heavy atom. The van der Waals surface area contributed by atoms with Crippen molar-refractivity contribution in [1.82, 2.24) is 10.2 Å². The van der Waals surface area contributed by atoms with Crippen LogP contribution in [-0.2, 0) is 17.6 Å². The maximum absolute atomic E-state index is 12.5. The quantitative estimate of drug-likeness (QED) is 0.322. The van der Waals surface area contributed by atoms with Gasteiger partial charge < -0.3 is 9.73 Å². The highest BCUT2D eigenvalue weighted by molar-refractivity contribution is 7.99. The van der Waals surface area contributed by atoms with Crippen LogP contribution in [0.2, 0.25) is 5.02 Å². The summed E-state index contributed by atoms with van der Waals surface area (Å²) in [5.74, 6) is 0.451. The average molecular weight is 458 g/mol. The molecule has 0 aliphatic heterocycles. The molecule has 2 heterocycles. The van der Waals surface area contributed by atoms with Crippen LogP contribution >= 0.6 is 34.7 Å². The molecule has 0 bridgehead atoms. The van der Waals surface area contributed by atoms with Crippen LogP contribution in [0.15, 0.2) is 52.1 Å². The molecule has 2 aromatic carbocycles. The lowest BCUT2D eigenvalue weighted by molar-refractivity contribution is -0.113. The second kappa shape index (κ2) is 9.20. The normalized spacial score (nSPS) is 11.2. The van der Waals surface area contributed by atoms with Gasteiger partial charge in [0.25, 0.3) is 11.1 Å². The first-order valence-electron chi connectivity index (χ1n) is 9.65. The first-order chi connectivity index (χ1) is 14.6. The molecule has 30 heavy (non-hydrogen) atoms. The number of carbonyl (C=O) groups is 1. The van der Waals surface area contributed by atoms with E-state index in [0.29, 0.717) is 16.1 Å². The topological polar surface area (TPSA) is 68.0 Å². The molecule has 0 spiro atoms. The summed E-state index contributed by atoms with van der Waals surface area (Å²) in [5.41, 5.74) is 3.18. The summed E-state index contributed by atoms with van der Waals surface area (Å²) in [4.78, 5) is 13.3. The Hall–Kier alpha value is -2.35. The minimum atomic E-state index is -0.102. The number of hydrogen-bond acceptors (Lipinski definition) is 6. The summed E-state index contributed by atoms with van der Waals surface area (Å²) in [5, 5.41) is 13.1. The van der Waals surface area contributed by atoms with E-state index in [0.717, 1.165) is 44.6 Å². The van der Waals surface area contributed by atoms with Gasteiger partial charge in [0, 0.05) is 15.8 Å². The number of carbonyl (C=O) groups excluding carboxylic acids is 1. The maximum Gasteiger partial charge on any atom is 0.277 e. The summed E-state index contributed by atoms with van der Waals surface area (Å²) < 4.78 is 6.82. The molecule has 0 saturated carbocycles. The van der Waals surface area contributed by atoms with E-state index in [-0.39, 0.29) is 11.7 Å². The third kappa shape index (κ3) is 4.24. The highest BCUT2D eigenvalue weighted by Crippen LogP contribution is 2.41. The fourth-order valence-corrected chi connectivity index (χ4v) is 5.21. The molecular weight excluding hydrogens is 438 g/mol. The van der Waals surface area contributed by atoms with Crippen molar-refractivity contribution in [2.24, 2.45) is 0 Å². The van der Waals surface area contributed by atoms with Gasteiger partial charge in [0.2, 0.25) is 5.91 Å². The SMILES string of the molecule is CCc1cccc(CC)c1NC(=O)CSc1nnc(-c2sc3ccccc3c2Cl)o1. The van der Waals surface area contributed by atoms with Crippen molar-refractivity contribution in [3.8, 4) is 10.8 Å². The van der Waals surface area contributed by atoms with Gasteiger partial charge in [0.1, 0.15) is 4.88 Å². The summed E-state index contributed by atoms with van der Waals surface area (Å²) >= 11 is 9.21. The number of nitrogens with zero attached hydrogens (tertiary/aromatic N) is 2. The molecule has 0 saturated heterocycles. The van der Waals surface area contributed by atoms with Crippen LogP contribution < -0.4 is 5.32 Å². The van der Waals surface area contributed by atoms with Crippen LogP contribution in [0.4, 0.5) is 5.69 Å². The van der Waals surface area contributed by atoms with Crippen molar-refractivity contribution in [2.75, 3.05) is 11.1 Å². The number of rotatable bonds is 7. The second-order valence-electron chi connectivity index (χ2n) is 6.61. The van der Waals surface area contributed by atoms with Crippen molar-refractivity contribution < 1.29 is 9.21 Å². The Morgan fingerprint density at radius 3 is 2.53 bits per heavy atom. The predicted molar refractivity (Wildman–Crippen MR) is 125 cm³/mol. The van der Waals surface area contributed by atoms with Crippen LogP contribution in [0.1, 0.15) is 25.0 Å². The molecule has 0 unspecified atom stereocenters. The molecule has 1 amide bonds. The molecule has 154 valence electrons. The fraction of sp³-hybridized carbons (Fsp3) is 0.227. The molecule has 4 rings (SSSR count). The molecule has 0 aliphatic rings. The lowest BCUT2D eigenvalue weighted by Crippen LogP contribution is -2.16. The number of nitrogens with one attached hydrogen (secondary N) is 1. The van der Waals surface area contributed by atoms with Gasteiger partial charge in [-0.15, -0.1) is 21.5 Å². The first kappa shape index (κ1) is 20.9. The number of thiophene rings is 1. The highest BCUT2D eigenvalue weighted by Gasteiger charge is 2.18. The van der Waals surface area contributed by atoms with Gasteiger partial charge in [-0.3, -0.25) is 4.79 Å². The minimum absolute atomic E-state index is 0.102. The van der Waals surface area contributed by atoms with Crippen LogP contribution in [0, 0.1) is 0 Å². The molecule has 8 heteroatoms. The van der Waals surface area contributed by atoms with Gasteiger partial charge in [-0.05, 0) is 30.0 Å². The zero-order valence-corrected chi connectivity index (χ0v) is 19.0. The van der Waals surface area contributed by atoms with E-state index in [9.17, 15) is 4.79 Å². The lowest BCUT2D eigenvalue weighted by atomic mass is 10.0. The highest BCUT2D eigenvalue weighted by atomic mass is 35.5. The molecule has 5 nitrogen and oxygen atoms in total. The number of fused-ring (bicyclic) bond motifs is 1. The number of hydrogen-bond donors (Lipinski definition) is 1. The Labute approximate surface area is 187 Å². The molecule has 0 aliphatic carbocycles. The van der Waals surface area contributed by atoms with Gasteiger partial charge in [-0.2, -0.15) is 0 Å². The Morgan fingerprint density at radius 2 is 1.83 bits per heavy atom. The average Bonchev–Trinajstić information content (AvgIpc) is 3.37. The number of amides is 1. The molecular formula is C22H20ClN3O2S2. The summed E-state index contributed by atoms with van der Waals surface area (Å²) in [6, 6.07) is 14.0.